The predicted molar refractivity (Wildman–Crippen MR) is 140 cm³/mol. The van der Waals surface area contributed by atoms with Gasteiger partial charge < -0.3 is 15.3 Å². The molecule has 0 bridgehead atoms. The average molecular weight is 500 g/mol. The molecular formula is C26H34ClN5O3. The number of rotatable bonds is 7. The van der Waals surface area contributed by atoms with E-state index in [4.69, 9.17) is 11.6 Å². The Labute approximate surface area is 210 Å². The van der Waals surface area contributed by atoms with Crippen LogP contribution in [0.2, 0.25) is 5.02 Å². The normalized spacial score (nSPS) is 17.7. The molecule has 2 aromatic rings. The smallest absolute Gasteiger partial charge is 0.332 e. The lowest BCUT2D eigenvalue weighted by Crippen LogP contribution is -2.44. The summed E-state index contributed by atoms with van der Waals surface area (Å²) in [6.07, 6.45) is 4.65. The average Bonchev–Trinajstić information content (AvgIpc) is 3.45. The Kier molecular flexibility index (Phi) is 7.60. The molecule has 4 rings (SSSR count). The molecule has 0 spiro atoms. The van der Waals surface area contributed by atoms with Crippen molar-refractivity contribution in [2.24, 2.45) is 7.05 Å². The first kappa shape index (κ1) is 25.4. The number of hydrogen-bond donors (Lipinski definition) is 3. The van der Waals surface area contributed by atoms with E-state index in [1.807, 2.05) is 29.2 Å². The number of aliphatic hydroxyl groups excluding tert-OH is 1. The third kappa shape index (κ3) is 5.58. The van der Waals surface area contributed by atoms with E-state index in [0.29, 0.717) is 35.5 Å². The minimum Gasteiger partial charge on any atom is -0.396 e. The molecular weight excluding hydrogens is 466 g/mol. The van der Waals surface area contributed by atoms with Crippen LogP contribution in [0.3, 0.4) is 0 Å². The van der Waals surface area contributed by atoms with Crippen LogP contribution < -0.4 is 26.8 Å². The molecule has 35 heavy (non-hydrogen) atoms. The van der Waals surface area contributed by atoms with Crippen molar-refractivity contribution in [3.05, 3.63) is 55.7 Å². The van der Waals surface area contributed by atoms with Crippen LogP contribution in [0.5, 0.6) is 0 Å². The Bertz CT molecular complexity index is 1230. The lowest BCUT2D eigenvalue weighted by atomic mass is 10.0. The Morgan fingerprint density at radius 1 is 1.20 bits per heavy atom. The van der Waals surface area contributed by atoms with Crippen molar-refractivity contribution in [3.8, 4) is 11.8 Å². The number of aliphatic hydroxyl groups is 1. The fraction of sp³-hybridized carbons (Fsp3) is 0.538. The first-order chi connectivity index (χ1) is 16.7. The van der Waals surface area contributed by atoms with Gasteiger partial charge in [0, 0.05) is 37.8 Å². The molecule has 1 aliphatic heterocycles. The highest BCUT2D eigenvalue weighted by atomic mass is 35.5. The summed E-state index contributed by atoms with van der Waals surface area (Å²) in [6, 6.07) is 7.97. The van der Waals surface area contributed by atoms with E-state index in [1.54, 1.807) is 7.05 Å². The van der Waals surface area contributed by atoms with Crippen molar-refractivity contribution in [1.29, 1.82) is 0 Å². The summed E-state index contributed by atoms with van der Waals surface area (Å²) < 4.78 is 2.66. The second-order valence-electron chi connectivity index (χ2n) is 9.90. The maximum absolute atomic E-state index is 13.3. The minimum absolute atomic E-state index is 0.0972. The quantitative estimate of drug-likeness (QED) is 0.507. The first-order valence-electron chi connectivity index (χ1n) is 12.2. The molecule has 0 radical (unpaired) electrons. The van der Waals surface area contributed by atoms with Crippen LogP contribution in [0.1, 0.15) is 51.5 Å². The van der Waals surface area contributed by atoms with Crippen LogP contribution in [0.25, 0.3) is 0 Å². The zero-order valence-corrected chi connectivity index (χ0v) is 21.4. The summed E-state index contributed by atoms with van der Waals surface area (Å²) in [4.78, 5) is 28.3. The van der Waals surface area contributed by atoms with Gasteiger partial charge in [-0.3, -0.25) is 19.2 Å². The second-order valence-corrected chi connectivity index (χ2v) is 10.3. The van der Waals surface area contributed by atoms with Gasteiger partial charge in [0.15, 0.2) is 6.17 Å². The highest BCUT2D eigenvalue weighted by Gasteiger charge is 2.34. The number of nitrogens with one attached hydrogen (secondary N) is 2. The Hall–Kier alpha value is -2.73. The standard InChI is InChI=1S/C26H34ClN5O3/c1-26(2,29-20-7-4-5-8-20)14-13-21-28-22-23(32(21)17-18-9-11-19(27)12-10-18)30(3)25(35)31(24(22)34)15-6-16-33/h9-12,20-21,28-29,33H,4-8,15-17H2,1-3H3. The van der Waals surface area contributed by atoms with Crippen molar-refractivity contribution in [2.45, 2.75) is 76.8 Å². The van der Waals surface area contributed by atoms with Crippen molar-refractivity contribution in [2.75, 3.05) is 16.8 Å². The number of aromatic nitrogens is 2. The number of hydrogen-bond acceptors (Lipinski definition) is 6. The minimum atomic E-state index is -0.489. The molecule has 0 saturated heterocycles. The van der Waals surface area contributed by atoms with Gasteiger partial charge in [-0.2, -0.15) is 0 Å². The summed E-state index contributed by atoms with van der Waals surface area (Å²) in [7, 11) is 1.66. The van der Waals surface area contributed by atoms with Crippen molar-refractivity contribution in [3.63, 3.8) is 0 Å². The lowest BCUT2D eigenvalue weighted by molar-refractivity contribution is 0.277. The van der Waals surface area contributed by atoms with E-state index in [1.165, 1.54) is 22.0 Å². The summed E-state index contributed by atoms with van der Waals surface area (Å²) in [5, 5.41) is 16.8. The number of benzene rings is 1. The van der Waals surface area contributed by atoms with Crippen LogP contribution in [-0.2, 0) is 20.1 Å². The fourth-order valence-corrected chi connectivity index (χ4v) is 5.04. The van der Waals surface area contributed by atoms with Crippen LogP contribution in [-0.4, -0.2) is 38.6 Å². The van der Waals surface area contributed by atoms with Gasteiger partial charge in [0.2, 0.25) is 0 Å². The maximum atomic E-state index is 13.3. The molecule has 1 aromatic carbocycles. The zero-order chi connectivity index (χ0) is 25.2. The van der Waals surface area contributed by atoms with Gasteiger partial charge in [0.1, 0.15) is 11.5 Å². The molecule has 2 aliphatic rings. The third-order valence-electron chi connectivity index (χ3n) is 6.63. The van der Waals surface area contributed by atoms with Crippen LogP contribution in [0, 0.1) is 11.8 Å². The van der Waals surface area contributed by atoms with E-state index < -0.39 is 23.0 Å². The topological polar surface area (TPSA) is 91.5 Å². The molecule has 1 aliphatic carbocycles. The Balaban J connectivity index is 1.71. The largest absolute Gasteiger partial charge is 0.396 e. The molecule has 8 nitrogen and oxygen atoms in total. The third-order valence-corrected chi connectivity index (χ3v) is 6.88. The maximum Gasteiger partial charge on any atom is 0.332 e. The number of nitrogens with zero attached hydrogens (tertiary/aromatic N) is 3. The van der Waals surface area contributed by atoms with E-state index in [-0.39, 0.29) is 13.2 Å². The van der Waals surface area contributed by atoms with E-state index in [9.17, 15) is 14.7 Å². The number of anilines is 2. The van der Waals surface area contributed by atoms with E-state index >= 15 is 0 Å². The monoisotopic (exact) mass is 499 g/mol. The second kappa shape index (κ2) is 10.5. The van der Waals surface area contributed by atoms with Crippen molar-refractivity contribution in [1.82, 2.24) is 14.5 Å². The van der Waals surface area contributed by atoms with Gasteiger partial charge in [0.25, 0.3) is 5.56 Å². The molecule has 2 heterocycles. The molecule has 9 heteroatoms. The predicted octanol–water partition coefficient (Wildman–Crippen LogP) is 2.66. The van der Waals surface area contributed by atoms with Gasteiger partial charge in [-0.05, 0) is 50.8 Å². The molecule has 1 atom stereocenters. The molecule has 0 amide bonds. The Morgan fingerprint density at radius 2 is 1.89 bits per heavy atom. The summed E-state index contributed by atoms with van der Waals surface area (Å²) in [5.74, 6) is 7.22. The van der Waals surface area contributed by atoms with Gasteiger partial charge in [-0.1, -0.05) is 48.4 Å². The molecule has 1 fully saturated rings. The van der Waals surface area contributed by atoms with E-state index in [0.717, 1.165) is 18.4 Å². The summed E-state index contributed by atoms with van der Waals surface area (Å²) in [5.41, 5.74) is 0.119. The summed E-state index contributed by atoms with van der Waals surface area (Å²) >= 11 is 6.07. The molecule has 188 valence electrons. The SMILES string of the molecule is Cn1c2c(c(=O)n(CCCO)c1=O)NC(C#CC(C)(C)NC1CCCC1)N2Cc1ccc(Cl)cc1. The van der Waals surface area contributed by atoms with Crippen LogP contribution >= 0.6 is 11.6 Å². The molecule has 1 saturated carbocycles. The number of fused-ring (bicyclic) bond motifs is 1. The van der Waals surface area contributed by atoms with Crippen molar-refractivity contribution < 1.29 is 5.11 Å². The Morgan fingerprint density at radius 3 is 2.54 bits per heavy atom. The lowest BCUT2D eigenvalue weighted by Gasteiger charge is -2.27. The van der Waals surface area contributed by atoms with Gasteiger partial charge >= 0.3 is 5.69 Å². The zero-order valence-electron chi connectivity index (χ0n) is 20.6. The first-order valence-corrected chi connectivity index (χ1v) is 12.6. The highest BCUT2D eigenvalue weighted by molar-refractivity contribution is 6.30. The van der Waals surface area contributed by atoms with Gasteiger partial charge in [0.05, 0.1) is 5.54 Å². The number of halogens is 1. The molecule has 1 unspecified atom stereocenters. The highest BCUT2D eigenvalue weighted by Crippen LogP contribution is 2.32. The molecule has 3 N–H and O–H groups in total. The van der Waals surface area contributed by atoms with Gasteiger partial charge in [-0.25, -0.2) is 4.79 Å². The summed E-state index contributed by atoms with van der Waals surface area (Å²) in [6.45, 7) is 4.65. The van der Waals surface area contributed by atoms with E-state index in [2.05, 4.69) is 36.3 Å². The van der Waals surface area contributed by atoms with Crippen molar-refractivity contribution >= 4 is 23.1 Å². The molecule has 1 aromatic heterocycles. The van der Waals surface area contributed by atoms with Crippen LogP contribution in [0.15, 0.2) is 33.9 Å². The van der Waals surface area contributed by atoms with Crippen LogP contribution in [0.4, 0.5) is 11.5 Å². The fourth-order valence-electron chi connectivity index (χ4n) is 4.91. The van der Waals surface area contributed by atoms with Gasteiger partial charge in [-0.15, -0.1) is 0 Å².